The van der Waals surface area contributed by atoms with Crippen molar-refractivity contribution in [3.05, 3.63) is 52.7 Å². The Bertz CT molecular complexity index is 594. The molecule has 1 aromatic carbocycles. The third-order valence-corrected chi connectivity index (χ3v) is 3.13. The number of rotatable bonds is 4. The molecule has 0 aliphatic heterocycles. The monoisotopic (exact) mass is 275 g/mol. The minimum absolute atomic E-state index is 0.0150. The standard InChI is InChI=1S/C15H14ClNO2/c1-3-11-8-13(5-6-14(11)16)19-15-7-4-12(9-17-15)10(2)18/h4-9H,3H2,1-2H3. The Kier molecular flexibility index (Phi) is 4.17. The third kappa shape index (κ3) is 3.32. The number of ether oxygens (including phenoxy) is 1. The summed E-state index contributed by atoms with van der Waals surface area (Å²) in [7, 11) is 0. The molecule has 4 heteroatoms. The van der Waals surface area contributed by atoms with Crippen molar-refractivity contribution >= 4 is 17.4 Å². The molecule has 0 aliphatic carbocycles. The van der Waals surface area contributed by atoms with Crippen molar-refractivity contribution in [1.82, 2.24) is 4.98 Å². The SMILES string of the molecule is CCc1cc(Oc2ccc(C(C)=O)cn2)ccc1Cl. The number of carbonyl (C=O) groups excluding carboxylic acids is 1. The van der Waals surface area contributed by atoms with E-state index >= 15 is 0 Å². The maximum absolute atomic E-state index is 11.1. The van der Waals surface area contributed by atoms with Gasteiger partial charge in [-0.2, -0.15) is 0 Å². The highest BCUT2D eigenvalue weighted by molar-refractivity contribution is 6.31. The summed E-state index contributed by atoms with van der Waals surface area (Å²) in [5.74, 6) is 1.12. The van der Waals surface area contributed by atoms with Gasteiger partial charge in [-0.1, -0.05) is 18.5 Å². The summed E-state index contributed by atoms with van der Waals surface area (Å²) in [6, 6.07) is 8.86. The normalized spacial score (nSPS) is 10.3. The molecule has 1 aromatic heterocycles. The van der Waals surface area contributed by atoms with Gasteiger partial charge >= 0.3 is 0 Å². The van der Waals surface area contributed by atoms with Gasteiger partial charge in [-0.25, -0.2) is 4.98 Å². The van der Waals surface area contributed by atoms with Gasteiger partial charge in [-0.15, -0.1) is 0 Å². The van der Waals surface area contributed by atoms with Gasteiger partial charge in [0.25, 0.3) is 0 Å². The highest BCUT2D eigenvalue weighted by Crippen LogP contribution is 2.25. The van der Waals surface area contributed by atoms with Crippen molar-refractivity contribution in [2.24, 2.45) is 0 Å². The molecule has 2 aromatic rings. The van der Waals surface area contributed by atoms with E-state index in [1.165, 1.54) is 13.1 Å². The van der Waals surface area contributed by atoms with E-state index in [2.05, 4.69) is 4.98 Å². The first-order valence-electron chi connectivity index (χ1n) is 6.03. The highest BCUT2D eigenvalue weighted by Gasteiger charge is 2.04. The molecule has 0 N–H and O–H groups in total. The van der Waals surface area contributed by atoms with E-state index in [0.29, 0.717) is 17.2 Å². The van der Waals surface area contributed by atoms with Crippen molar-refractivity contribution in [1.29, 1.82) is 0 Å². The van der Waals surface area contributed by atoms with Crippen LogP contribution in [0.25, 0.3) is 0 Å². The molecule has 98 valence electrons. The molecule has 0 fully saturated rings. The molecule has 0 aliphatic rings. The number of ketones is 1. The average Bonchev–Trinajstić information content (AvgIpc) is 2.41. The number of aromatic nitrogens is 1. The summed E-state index contributed by atoms with van der Waals surface area (Å²) >= 11 is 6.05. The van der Waals surface area contributed by atoms with E-state index in [1.807, 2.05) is 13.0 Å². The number of pyridine rings is 1. The second-order valence-electron chi connectivity index (χ2n) is 4.15. The molecule has 0 radical (unpaired) electrons. The van der Waals surface area contributed by atoms with Gasteiger partial charge in [0.05, 0.1) is 0 Å². The minimum Gasteiger partial charge on any atom is -0.439 e. The van der Waals surface area contributed by atoms with Gasteiger partial charge in [-0.05, 0) is 43.2 Å². The Labute approximate surface area is 117 Å². The fourth-order valence-electron chi connectivity index (χ4n) is 1.66. The molecule has 0 spiro atoms. The Morgan fingerprint density at radius 2 is 2.11 bits per heavy atom. The molecule has 0 amide bonds. The van der Waals surface area contributed by atoms with E-state index in [1.54, 1.807) is 24.3 Å². The third-order valence-electron chi connectivity index (χ3n) is 2.76. The predicted molar refractivity (Wildman–Crippen MR) is 75.1 cm³/mol. The van der Waals surface area contributed by atoms with Gasteiger partial charge in [0.15, 0.2) is 5.78 Å². The molecular formula is C15H14ClNO2. The van der Waals surface area contributed by atoms with Gasteiger partial charge in [0.2, 0.25) is 5.88 Å². The summed E-state index contributed by atoms with van der Waals surface area (Å²) in [6.45, 7) is 3.54. The smallest absolute Gasteiger partial charge is 0.219 e. The number of aryl methyl sites for hydroxylation is 1. The lowest BCUT2D eigenvalue weighted by atomic mass is 10.1. The van der Waals surface area contributed by atoms with Gasteiger partial charge in [-0.3, -0.25) is 4.79 Å². The van der Waals surface area contributed by atoms with Crippen LogP contribution in [0.5, 0.6) is 11.6 Å². The van der Waals surface area contributed by atoms with E-state index in [-0.39, 0.29) is 5.78 Å². The molecule has 1 heterocycles. The highest BCUT2D eigenvalue weighted by atomic mass is 35.5. The van der Waals surface area contributed by atoms with Crippen molar-refractivity contribution in [3.8, 4) is 11.6 Å². The van der Waals surface area contributed by atoms with E-state index in [0.717, 1.165) is 17.0 Å². The lowest BCUT2D eigenvalue weighted by Gasteiger charge is -2.07. The number of Topliss-reactive ketones (excluding diaryl/α,β-unsaturated/α-hetero) is 1. The van der Waals surface area contributed by atoms with Crippen LogP contribution >= 0.6 is 11.6 Å². The first-order chi connectivity index (χ1) is 9.10. The summed E-state index contributed by atoms with van der Waals surface area (Å²) in [6.07, 6.45) is 2.35. The fraction of sp³-hybridized carbons (Fsp3) is 0.200. The lowest BCUT2D eigenvalue weighted by Crippen LogP contribution is -1.94. The molecular weight excluding hydrogens is 262 g/mol. The molecule has 3 nitrogen and oxygen atoms in total. The van der Waals surface area contributed by atoms with E-state index < -0.39 is 0 Å². The first kappa shape index (κ1) is 13.6. The quantitative estimate of drug-likeness (QED) is 0.781. The largest absolute Gasteiger partial charge is 0.439 e. The molecule has 0 saturated carbocycles. The second-order valence-corrected chi connectivity index (χ2v) is 4.56. The molecule has 0 bridgehead atoms. The molecule has 0 atom stereocenters. The number of nitrogens with zero attached hydrogens (tertiary/aromatic N) is 1. The van der Waals surface area contributed by atoms with Crippen LogP contribution in [0, 0.1) is 0 Å². The number of benzene rings is 1. The average molecular weight is 276 g/mol. The lowest BCUT2D eigenvalue weighted by molar-refractivity contribution is 0.101. The first-order valence-corrected chi connectivity index (χ1v) is 6.41. The zero-order valence-electron chi connectivity index (χ0n) is 10.8. The second kappa shape index (κ2) is 5.85. The minimum atomic E-state index is -0.0150. The topological polar surface area (TPSA) is 39.2 Å². The van der Waals surface area contributed by atoms with Gasteiger partial charge < -0.3 is 4.74 Å². The van der Waals surface area contributed by atoms with Crippen LogP contribution in [0.1, 0.15) is 29.8 Å². The Morgan fingerprint density at radius 1 is 1.32 bits per heavy atom. The maximum Gasteiger partial charge on any atom is 0.219 e. The van der Waals surface area contributed by atoms with Crippen LogP contribution in [-0.2, 0) is 6.42 Å². The Morgan fingerprint density at radius 3 is 2.68 bits per heavy atom. The van der Waals surface area contributed by atoms with Crippen LogP contribution in [0.3, 0.4) is 0 Å². The van der Waals surface area contributed by atoms with Crippen LogP contribution in [0.15, 0.2) is 36.5 Å². The number of hydrogen-bond acceptors (Lipinski definition) is 3. The zero-order chi connectivity index (χ0) is 13.8. The summed E-state index contributed by atoms with van der Waals surface area (Å²) < 4.78 is 5.63. The van der Waals surface area contributed by atoms with Crippen LogP contribution < -0.4 is 4.74 Å². The predicted octanol–water partition coefficient (Wildman–Crippen LogP) is 4.29. The van der Waals surface area contributed by atoms with Crippen LogP contribution in [0.4, 0.5) is 0 Å². The number of carbonyl (C=O) groups is 1. The Balaban J connectivity index is 2.19. The summed E-state index contributed by atoms with van der Waals surface area (Å²) in [5, 5.41) is 0.731. The number of halogens is 1. The molecule has 2 rings (SSSR count). The van der Waals surface area contributed by atoms with Gasteiger partial charge in [0.1, 0.15) is 5.75 Å². The van der Waals surface area contributed by atoms with Crippen molar-refractivity contribution in [2.45, 2.75) is 20.3 Å². The van der Waals surface area contributed by atoms with Crippen molar-refractivity contribution in [2.75, 3.05) is 0 Å². The Hall–Kier alpha value is -1.87. The zero-order valence-corrected chi connectivity index (χ0v) is 11.6. The molecule has 19 heavy (non-hydrogen) atoms. The molecule has 0 saturated heterocycles. The van der Waals surface area contributed by atoms with E-state index in [4.69, 9.17) is 16.3 Å². The number of hydrogen-bond donors (Lipinski definition) is 0. The maximum atomic E-state index is 11.1. The molecule has 0 unspecified atom stereocenters. The van der Waals surface area contributed by atoms with Crippen molar-refractivity contribution in [3.63, 3.8) is 0 Å². The summed E-state index contributed by atoms with van der Waals surface area (Å²) in [4.78, 5) is 15.2. The van der Waals surface area contributed by atoms with E-state index in [9.17, 15) is 4.79 Å². The summed E-state index contributed by atoms with van der Waals surface area (Å²) in [5.41, 5.74) is 1.59. The fourth-order valence-corrected chi connectivity index (χ4v) is 1.91. The van der Waals surface area contributed by atoms with Gasteiger partial charge in [0, 0.05) is 22.8 Å². The van der Waals surface area contributed by atoms with Crippen molar-refractivity contribution < 1.29 is 9.53 Å². The van der Waals surface area contributed by atoms with Crippen LogP contribution in [0.2, 0.25) is 5.02 Å². The van der Waals surface area contributed by atoms with Crippen LogP contribution in [-0.4, -0.2) is 10.8 Å².